The van der Waals surface area contributed by atoms with Crippen LogP contribution >= 0.6 is 11.8 Å². The summed E-state index contributed by atoms with van der Waals surface area (Å²) < 4.78 is 0. The molecule has 0 fully saturated rings. The molecule has 104 valence electrons. The van der Waals surface area contributed by atoms with Crippen LogP contribution in [0.5, 0.6) is 0 Å². The fraction of sp³-hybridized carbons (Fsp3) is 0.700. The molecular weight excluding hydrogens is 258 g/mol. The second-order valence-electron chi connectivity index (χ2n) is 3.86. The van der Waals surface area contributed by atoms with E-state index in [4.69, 9.17) is 10.8 Å². The number of carboxylic acid groups (broad SMARTS) is 1. The quantitative estimate of drug-likeness (QED) is 0.487. The number of carboxylic acids is 1. The van der Waals surface area contributed by atoms with Crippen LogP contribution in [0.4, 0.5) is 4.79 Å². The van der Waals surface area contributed by atoms with Crippen molar-refractivity contribution in [3.63, 3.8) is 0 Å². The van der Waals surface area contributed by atoms with Gasteiger partial charge in [0.15, 0.2) is 0 Å². The molecule has 0 spiro atoms. The van der Waals surface area contributed by atoms with Crippen LogP contribution in [0.15, 0.2) is 0 Å². The van der Waals surface area contributed by atoms with E-state index in [-0.39, 0.29) is 6.04 Å². The summed E-state index contributed by atoms with van der Waals surface area (Å²) >= 11 is 1.66. The van der Waals surface area contributed by atoms with Crippen LogP contribution in [-0.4, -0.2) is 47.1 Å². The van der Waals surface area contributed by atoms with Crippen LogP contribution < -0.4 is 16.4 Å². The van der Waals surface area contributed by atoms with Gasteiger partial charge in [-0.1, -0.05) is 0 Å². The van der Waals surface area contributed by atoms with E-state index in [1.54, 1.807) is 11.8 Å². The lowest BCUT2D eigenvalue weighted by atomic mass is 10.2. The van der Waals surface area contributed by atoms with Gasteiger partial charge >= 0.3 is 12.0 Å². The Morgan fingerprint density at radius 3 is 2.39 bits per heavy atom. The zero-order valence-corrected chi connectivity index (χ0v) is 11.3. The normalized spacial score (nSPS) is 13.4. The zero-order valence-electron chi connectivity index (χ0n) is 10.4. The fourth-order valence-electron chi connectivity index (χ4n) is 1.19. The number of aliphatic carboxylic acids is 1. The van der Waals surface area contributed by atoms with Gasteiger partial charge in [0.25, 0.3) is 0 Å². The molecule has 2 atom stereocenters. The molecular formula is C10H19N3O4S. The highest BCUT2D eigenvalue weighted by Gasteiger charge is 2.22. The molecule has 0 aliphatic heterocycles. The van der Waals surface area contributed by atoms with Crippen molar-refractivity contribution in [3.05, 3.63) is 0 Å². The lowest BCUT2D eigenvalue weighted by molar-refractivity contribution is -0.140. The molecule has 0 rings (SSSR count). The molecule has 0 aromatic heterocycles. The van der Waals surface area contributed by atoms with Crippen LogP contribution in [0, 0.1) is 0 Å². The summed E-state index contributed by atoms with van der Waals surface area (Å²) in [6, 6.07) is -1.98. The van der Waals surface area contributed by atoms with Crippen molar-refractivity contribution in [2.45, 2.75) is 31.8 Å². The average Bonchev–Trinajstić information content (AvgIpc) is 2.24. The molecule has 8 heteroatoms. The predicted octanol–water partition coefficient (Wildman–Crippen LogP) is -0.244. The SMILES string of the molecule is CSCCC(C)NC(=O)N[C@H](CC(N)=O)C(=O)O. The van der Waals surface area contributed by atoms with E-state index < -0.39 is 30.4 Å². The lowest BCUT2D eigenvalue weighted by Crippen LogP contribution is -2.49. The summed E-state index contributed by atoms with van der Waals surface area (Å²) in [5.41, 5.74) is 4.90. The van der Waals surface area contributed by atoms with Crippen molar-refractivity contribution in [1.82, 2.24) is 10.6 Å². The van der Waals surface area contributed by atoms with Gasteiger partial charge in [0.05, 0.1) is 6.42 Å². The van der Waals surface area contributed by atoms with Crippen LogP contribution in [0.3, 0.4) is 0 Å². The number of nitrogens with two attached hydrogens (primary N) is 1. The first-order valence-electron chi connectivity index (χ1n) is 5.44. The molecule has 0 heterocycles. The molecule has 0 aromatic rings. The third-order valence-corrected chi connectivity index (χ3v) is 2.79. The van der Waals surface area contributed by atoms with Crippen LogP contribution in [0.2, 0.25) is 0 Å². The van der Waals surface area contributed by atoms with E-state index in [0.717, 1.165) is 12.2 Å². The molecule has 0 aromatic carbocycles. The van der Waals surface area contributed by atoms with Gasteiger partial charge in [-0.05, 0) is 25.4 Å². The third kappa shape index (κ3) is 7.77. The summed E-state index contributed by atoms with van der Waals surface area (Å²) in [6.45, 7) is 1.82. The minimum absolute atomic E-state index is 0.0690. The minimum Gasteiger partial charge on any atom is -0.480 e. The minimum atomic E-state index is -1.30. The van der Waals surface area contributed by atoms with E-state index in [1.165, 1.54) is 0 Å². The predicted molar refractivity (Wildman–Crippen MR) is 69.4 cm³/mol. The number of thioether (sulfide) groups is 1. The molecule has 0 saturated heterocycles. The van der Waals surface area contributed by atoms with Crippen LogP contribution in [0.25, 0.3) is 0 Å². The Bertz CT molecular complexity index is 311. The molecule has 0 radical (unpaired) electrons. The molecule has 0 aliphatic rings. The summed E-state index contributed by atoms with van der Waals surface area (Å²) in [7, 11) is 0. The van der Waals surface area contributed by atoms with E-state index in [2.05, 4.69) is 10.6 Å². The number of rotatable bonds is 8. The standard InChI is InChI=1S/C10H19N3O4S/c1-6(3-4-18-2)12-10(17)13-7(9(15)16)5-8(11)14/h6-7H,3-5H2,1-2H3,(H2,11,14)(H,15,16)(H2,12,13,17)/t6?,7-/m1/s1. The monoisotopic (exact) mass is 277 g/mol. The first kappa shape index (κ1) is 16.6. The van der Waals surface area contributed by atoms with Crippen LogP contribution in [0.1, 0.15) is 19.8 Å². The van der Waals surface area contributed by atoms with Crippen molar-refractivity contribution in [2.24, 2.45) is 5.73 Å². The van der Waals surface area contributed by atoms with Gasteiger partial charge in [-0.3, -0.25) is 4.79 Å². The smallest absolute Gasteiger partial charge is 0.326 e. The van der Waals surface area contributed by atoms with E-state index >= 15 is 0 Å². The summed E-state index contributed by atoms with van der Waals surface area (Å²) in [5, 5.41) is 13.6. The Balaban J connectivity index is 4.17. The topological polar surface area (TPSA) is 122 Å². The maximum atomic E-state index is 11.5. The average molecular weight is 277 g/mol. The van der Waals surface area contributed by atoms with Gasteiger partial charge in [0.2, 0.25) is 5.91 Å². The van der Waals surface area contributed by atoms with Crippen molar-refractivity contribution in [3.8, 4) is 0 Å². The number of carbonyl (C=O) groups is 3. The molecule has 0 aliphatic carbocycles. The third-order valence-electron chi connectivity index (χ3n) is 2.14. The first-order chi connectivity index (χ1) is 8.36. The molecule has 5 N–H and O–H groups in total. The second kappa shape index (κ2) is 8.62. The van der Waals surface area contributed by atoms with Crippen molar-refractivity contribution < 1.29 is 19.5 Å². The van der Waals surface area contributed by atoms with E-state index in [9.17, 15) is 14.4 Å². The Hall–Kier alpha value is -1.44. The number of nitrogens with one attached hydrogen (secondary N) is 2. The second-order valence-corrected chi connectivity index (χ2v) is 4.85. The van der Waals surface area contributed by atoms with Gasteiger partial charge in [-0.25, -0.2) is 9.59 Å². The molecule has 0 saturated carbocycles. The molecule has 3 amide bonds. The fourth-order valence-corrected chi connectivity index (χ4v) is 1.78. The Labute approximate surface area is 110 Å². The largest absolute Gasteiger partial charge is 0.480 e. The number of primary amides is 1. The van der Waals surface area contributed by atoms with Gasteiger partial charge in [-0.2, -0.15) is 11.8 Å². The van der Waals surface area contributed by atoms with Gasteiger partial charge in [0, 0.05) is 6.04 Å². The Morgan fingerprint density at radius 2 is 1.94 bits per heavy atom. The maximum Gasteiger partial charge on any atom is 0.326 e. The molecule has 0 bridgehead atoms. The Morgan fingerprint density at radius 1 is 1.33 bits per heavy atom. The van der Waals surface area contributed by atoms with Gasteiger partial charge in [-0.15, -0.1) is 0 Å². The highest BCUT2D eigenvalue weighted by molar-refractivity contribution is 7.98. The molecule has 18 heavy (non-hydrogen) atoms. The Kier molecular flexibility index (Phi) is 7.93. The highest BCUT2D eigenvalue weighted by Crippen LogP contribution is 2.00. The summed E-state index contributed by atoms with van der Waals surface area (Å²) in [5.74, 6) is -1.18. The number of hydrogen-bond acceptors (Lipinski definition) is 4. The van der Waals surface area contributed by atoms with Crippen molar-refractivity contribution >= 4 is 29.7 Å². The zero-order chi connectivity index (χ0) is 14.1. The highest BCUT2D eigenvalue weighted by atomic mass is 32.2. The molecule has 1 unspecified atom stereocenters. The summed E-state index contributed by atoms with van der Waals surface area (Å²) in [6.07, 6.45) is 2.31. The van der Waals surface area contributed by atoms with E-state index in [0.29, 0.717) is 0 Å². The first-order valence-corrected chi connectivity index (χ1v) is 6.83. The van der Waals surface area contributed by atoms with Crippen LogP contribution in [-0.2, 0) is 9.59 Å². The maximum absolute atomic E-state index is 11.5. The number of carbonyl (C=O) groups excluding carboxylic acids is 2. The lowest BCUT2D eigenvalue weighted by Gasteiger charge is -2.17. The number of hydrogen-bond donors (Lipinski definition) is 4. The van der Waals surface area contributed by atoms with Gasteiger partial charge in [0.1, 0.15) is 6.04 Å². The summed E-state index contributed by atoms with van der Waals surface area (Å²) in [4.78, 5) is 32.9. The number of amides is 3. The van der Waals surface area contributed by atoms with Gasteiger partial charge < -0.3 is 21.5 Å². The van der Waals surface area contributed by atoms with Crippen molar-refractivity contribution in [2.75, 3.05) is 12.0 Å². The van der Waals surface area contributed by atoms with Crippen molar-refractivity contribution in [1.29, 1.82) is 0 Å². The van der Waals surface area contributed by atoms with E-state index in [1.807, 2.05) is 13.2 Å². The number of urea groups is 1. The molecule has 7 nitrogen and oxygen atoms in total.